The van der Waals surface area contributed by atoms with Gasteiger partial charge in [-0.05, 0) is 37.5 Å². The molecule has 3 rings (SSSR count). The van der Waals surface area contributed by atoms with Crippen LogP contribution in [0.4, 0.5) is 0 Å². The lowest BCUT2D eigenvalue weighted by Crippen LogP contribution is -2.42. The van der Waals surface area contributed by atoms with Crippen molar-refractivity contribution < 1.29 is 0 Å². The van der Waals surface area contributed by atoms with Crippen LogP contribution in [0.25, 0.3) is 0 Å². The molecule has 1 unspecified atom stereocenters. The summed E-state index contributed by atoms with van der Waals surface area (Å²) in [7, 11) is 0. The highest BCUT2D eigenvalue weighted by Crippen LogP contribution is 2.34. The predicted octanol–water partition coefficient (Wildman–Crippen LogP) is 1.72. The molecule has 0 aromatic rings. The lowest BCUT2D eigenvalue weighted by molar-refractivity contribution is 0.269. The first-order valence-electron chi connectivity index (χ1n) is 5.43. The van der Waals surface area contributed by atoms with Gasteiger partial charge in [-0.2, -0.15) is 12.6 Å². The number of fused-ring (bicyclic) bond motifs is 4. The second-order valence-corrected chi connectivity index (χ2v) is 5.16. The van der Waals surface area contributed by atoms with Crippen molar-refractivity contribution in [1.29, 1.82) is 5.41 Å². The van der Waals surface area contributed by atoms with Gasteiger partial charge < -0.3 is 5.73 Å². The SMILES string of the molecule is Cl.N=C(N)C(S)N1CC2CCC(CC2)C1. The number of halogens is 1. The standard InChI is InChI=1S/C10H19N3S.ClH/c11-9(12)10(14)13-5-7-1-2-8(6-13)4-3-7;/h7-8,10,14H,1-6H2,(H3,11,12);1H. The Morgan fingerprint density at radius 1 is 1.20 bits per heavy atom. The zero-order valence-electron chi connectivity index (χ0n) is 8.85. The van der Waals surface area contributed by atoms with Crippen molar-refractivity contribution in [2.75, 3.05) is 13.1 Å². The Labute approximate surface area is 103 Å². The minimum atomic E-state index is -0.156. The Hall–Kier alpha value is 0.0700. The average molecular weight is 250 g/mol. The van der Waals surface area contributed by atoms with Crippen molar-refractivity contribution in [2.24, 2.45) is 17.6 Å². The third-order valence-electron chi connectivity index (χ3n) is 3.58. The lowest BCUT2D eigenvalue weighted by Gasteiger charge is -2.27. The van der Waals surface area contributed by atoms with Gasteiger partial charge in [0.2, 0.25) is 0 Å². The predicted molar refractivity (Wildman–Crippen MR) is 69.0 cm³/mol. The van der Waals surface area contributed by atoms with Crippen LogP contribution in [-0.4, -0.2) is 29.2 Å². The molecule has 3 nitrogen and oxygen atoms in total. The van der Waals surface area contributed by atoms with Gasteiger partial charge in [0.15, 0.2) is 0 Å². The summed E-state index contributed by atoms with van der Waals surface area (Å²) >= 11 is 4.40. The van der Waals surface area contributed by atoms with E-state index in [0.29, 0.717) is 0 Å². The molecule has 5 heteroatoms. The summed E-state index contributed by atoms with van der Waals surface area (Å²) in [4.78, 5) is 2.28. The number of thiol groups is 1. The van der Waals surface area contributed by atoms with E-state index in [-0.39, 0.29) is 23.6 Å². The molecular weight excluding hydrogens is 230 g/mol. The monoisotopic (exact) mass is 249 g/mol. The highest BCUT2D eigenvalue weighted by molar-refractivity contribution is 7.81. The number of amidine groups is 1. The number of nitrogens with two attached hydrogens (primary N) is 1. The van der Waals surface area contributed by atoms with Crippen LogP contribution < -0.4 is 5.73 Å². The van der Waals surface area contributed by atoms with Crippen LogP contribution in [0.15, 0.2) is 0 Å². The number of nitrogens with one attached hydrogen (secondary N) is 1. The molecule has 1 saturated carbocycles. The van der Waals surface area contributed by atoms with Crippen LogP contribution >= 0.6 is 25.0 Å². The van der Waals surface area contributed by atoms with Crippen LogP contribution in [0.5, 0.6) is 0 Å². The number of rotatable bonds is 2. The molecule has 3 fully saturated rings. The minimum Gasteiger partial charge on any atom is -0.386 e. The normalized spacial score (nSPS) is 32.9. The summed E-state index contributed by atoms with van der Waals surface area (Å²) < 4.78 is 0. The first kappa shape index (κ1) is 13.1. The lowest BCUT2D eigenvalue weighted by atomic mass is 9.84. The van der Waals surface area contributed by atoms with Gasteiger partial charge in [0.1, 0.15) is 11.2 Å². The Morgan fingerprint density at radius 2 is 1.60 bits per heavy atom. The van der Waals surface area contributed by atoms with E-state index < -0.39 is 0 Å². The van der Waals surface area contributed by atoms with Crippen LogP contribution in [0, 0.1) is 17.2 Å². The molecule has 0 aromatic carbocycles. The topological polar surface area (TPSA) is 53.1 Å². The van der Waals surface area contributed by atoms with E-state index in [2.05, 4.69) is 17.5 Å². The fraction of sp³-hybridized carbons (Fsp3) is 0.900. The van der Waals surface area contributed by atoms with Gasteiger partial charge >= 0.3 is 0 Å². The molecule has 0 spiro atoms. The molecule has 2 bridgehead atoms. The fourth-order valence-corrected chi connectivity index (χ4v) is 2.92. The van der Waals surface area contributed by atoms with Crippen LogP contribution in [0.2, 0.25) is 0 Å². The van der Waals surface area contributed by atoms with Crippen molar-refractivity contribution in [2.45, 2.75) is 31.1 Å². The molecular formula is C10H20ClN3S. The number of hydrogen-bond donors (Lipinski definition) is 3. The molecule has 0 radical (unpaired) electrons. The van der Waals surface area contributed by atoms with Gasteiger partial charge in [0.05, 0.1) is 0 Å². The molecule has 1 atom stereocenters. The molecule has 2 heterocycles. The van der Waals surface area contributed by atoms with Gasteiger partial charge in [0, 0.05) is 13.1 Å². The highest BCUT2D eigenvalue weighted by Gasteiger charge is 2.32. The Balaban J connectivity index is 0.00000112. The zero-order chi connectivity index (χ0) is 10.1. The quantitative estimate of drug-likeness (QED) is 0.397. The highest BCUT2D eigenvalue weighted by atomic mass is 35.5. The summed E-state index contributed by atoms with van der Waals surface area (Å²) in [5.74, 6) is 1.83. The smallest absolute Gasteiger partial charge is 0.119 e. The van der Waals surface area contributed by atoms with Crippen LogP contribution in [0.3, 0.4) is 0 Å². The minimum absolute atomic E-state index is 0. The molecule has 1 aliphatic carbocycles. The van der Waals surface area contributed by atoms with E-state index in [0.717, 1.165) is 24.9 Å². The second kappa shape index (κ2) is 5.41. The first-order valence-corrected chi connectivity index (χ1v) is 5.94. The van der Waals surface area contributed by atoms with E-state index in [1.165, 1.54) is 25.7 Å². The van der Waals surface area contributed by atoms with Crippen LogP contribution in [0.1, 0.15) is 25.7 Å². The molecule has 0 aromatic heterocycles. The van der Waals surface area contributed by atoms with Crippen molar-refractivity contribution in [3.05, 3.63) is 0 Å². The zero-order valence-corrected chi connectivity index (χ0v) is 10.6. The molecule has 15 heavy (non-hydrogen) atoms. The summed E-state index contributed by atoms with van der Waals surface area (Å²) in [6.07, 6.45) is 5.44. The van der Waals surface area contributed by atoms with Crippen molar-refractivity contribution in [3.63, 3.8) is 0 Å². The van der Waals surface area contributed by atoms with Gasteiger partial charge in [0.25, 0.3) is 0 Å². The van der Waals surface area contributed by atoms with Gasteiger partial charge in [-0.1, -0.05) is 0 Å². The summed E-state index contributed by atoms with van der Waals surface area (Å²) in [6, 6.07) is 0. The van der Waals surface area contributed by atoms with Crippen molar-refractivity contribution in [3.8, 4) is 0 Å². The van der Waals surface area contributed by atoms with E-state index in [1.807, 2.05) is 0 Å². The largest absolute Gasteiger partial charge is 0.386 e. The van der Waals surface area contributed by atoms with E-state index in [4.69, 9.17) is 11.1 Å². The van der Waals surface area contributed by atoms with E-state index >= 15 is 0 Å². The second-order valence-electron chi connectivity index (χ2n) is 4.67. The maximum absolute atomic E-state index is 7.42. The number of hydrogen-bond acceptors (Lipinski definition) is 3. The van der Waals surface area contributed by atoms with Gasteiger partial charge in [-0.25, -0.2) is 0 Å². The third kappa shape index (κ3) is 3.02. The molecule has 88 valence electrons. The summed E-state index contributed by atoms with van der Waals surface area (Å²) in [6.45, 7) is 2.18. The average Bonchev–Trinajstić information content (AvgIpc) is 2.48. The first-order chi connectivity index (χ1) is 6.66. The Morgan fingerprint density at radius 3 is 1.93 bits per heavy atom. The maximum atomic E-state index is 7.42. The molecule has 0 amide bonds. The molecule has 3 N–H and O–H groups in total. The van der Waals surface area contributed by atoms with E-state index in [9.17, 15) is 0 Å². The van der Waals surface area contributed by atoms with Gasteiger partial charge in [-0.15, -0.1) is 12.4 Å². The third-order valence-corrected chi connectivity index (χ3v) is 4.18. The maximum Gasteiger partial charge on any atom is 0.119 e. The Kier molecular flexibility index (Phi) is 4.74. The fourth-order valence-electron chi connectivity index (χ4n) is 2.73. The summed E-state index contributed by atoms with van der Waals surface area (Å²) in [5.41, 5.74) is 5.49. The summed E-state index contributed by atoms with van der Waals surface area (Å²) in [5, 5.41) is 7.26. The molecule has 3 aliphatic rings. The Bertz CT molecular complexity index is 215. The van der Waals surface area contributed by atoms with Gasteiger partial charge in [-0.3, -0.25) is 10.3 Å². The molecule has 2 saturated heterocycles. The number of nitrogens with zero attached hydrogens (tertiary/aromatic N) is 1. The van der Waals surface area contributed by atoms with E-state index in [1.54, 1.807) is 0 Å². The van der Waals surface area contributed by atoms with Crippen LogP contribution in [-0.2, 0) is 0 Å². The van der Waals surface area contributed by atoms with Crippen molar-refractivity contribution in [1.82, 2.24) is 4.90 Å². The van der Waals surface area contributed by atoms with Crippen molar-refractivity contribution >= 4 is 30.9 Å². The molecule has 2 aliphatic heterocycles.